The molecule has 0 spiro atoms. The van der Waals surface area contributed by atoms with E-state index >= 15 is 0 Å². The quantitative estimate of drug-likeness (QED) is 0.316. The zero-order valence-electron chi connectivity index (χ0n) is 25.5. The van der Waals surface area contributed by atoms with Crippen LogP contribution in [0.3, 0.4) is 0 Å². The van der Waals surface area contributed by atoms with Crippen molar-refractivity contribution in [3.8, 4) is 0 Å². The maximum absolute atomic E-state index is 12.4. The minimum absolute atomic E-state index is 0.0273. The number of alkyl carbamates (subject to hydrolysis) is 1. The smallest absolute Gasteiger partial charge is 0.407 e. The van der Waals surface area contributed by atoms with Crippen molar-refractivity contribution in [2.45, 2.75) is 118 Å². The molecule has 0 heterocycles. The number of allylic oxidation sites excluding steroid dienone is 1. The van der Waals surface area contributed by atoms with E-state index in [2.05, 4.69) is 57.8 Å². The van der Waals surface area contributed by atoms with Crippen LogP contribution in [0.1, 0.15) is 112 Å². The Morgan fingerprint density at radius 3 is 2.49 bits per heavy atom. The van der Waals surface area contributed by atoms with Gasteiger partial charge in [0.1, 0.15) is 6.10 Å². The molecular formula is C33H58N2O2. The van der Waals surface area contributed by atoms with Crippen molar-refractivity contribution in [1.29, 1.82) is 0 Å². The average Bonchev–Trinajstić information content (AvgIpc) is 3.17. The third-order valence-corrected chi connectivity index (χ3v) is 11.9. The number of hydrogen-bond acceptors (Lipinski definition) is 3. The normalized spacial score (nSPS) is 40.0. The van der Waals surface area contributed by atoms with Gasteiger partial charge in [-0.05, 0) is 105 Å². The SMILES string of the molecule is CC(C)CCC[C@@H](C)C1CCC2[C@]3(C)CC=C4C[C@@H](OC(=O)NCCN(C)C)CC[C@]4(C)C3CC[C@]12C. The van der Waals surface area contributed by atoms with Crippen molar-refractivity contribution in [1.82, 2.24) is 10.2 Å². The van der Waals surface area contributed by atoms with Gasteiger partial charge in [0.25, 0.3) is 0 Å². The van der Waals surface area contributed by atoms with Gasteiger partial charge in [0.15, 0.2) is 0 Å². The third kappa shape index (κ3) is 5.66. The molecule has 3 unspecified atom stereocenters. The Morgan fingerprint density at radius 2 is 1.78 bits per heavy atom. The van der Waals surface area contributed by atoms with Crippen LogP contribution in [0, 0.1) is 45.8 Å². The van der Waals surface area contributed by atoms with Crippen LogP contribution in [0.25, 0.3) is 0 Å². The number of amides is 1. The first-order chi connectivity index (χ1) is 17.4. The predicted octanol–water partition coefficient (Wildman–Crippen LogP) is 8.07. The lowest BCUT2D eigenvalue weighted by molar-refractivity contribution is -0.114. The second-order valence-electron chi connectivity index (χ2n) is 15.0. The van der Waals surface area contributed by atoms with Gasteiger partial charge < -0.3 is 15.0 Å². The van der Waals surface area contributed by atoms with Crippen LogP contribution in [0.4, 0.5) is 4.79 Å². The fourth-order valence-electron chi connectivity index (χ4n) is 9.98. The van der Waals surface area contributed by atoms with Gasteiger partial charge in [0, 0.05) is 19.5 Å². The molecule has 4 aliphatic rings. The molecule has 1 N–H and O–H groups in total. The highest BCUT2D eigenvalue weighted by Crippen LogP contribution is 2.72. The predicted molar refractivity (Wildman–Crippen MR) is 154 cm³/mol. The number of carbonyl (C=O) groups is 1. The molecule has 0 aromatic heterocycles. The molecule has 0 aromatic carbocycles. The number of hydrogen-bond donors (Lipinski definition) is 1. The Hall–Kier alpha value is -1.03. The van der Waals surface area contributed by atoms with Gasteiger partial charge in [-0.15, -0.1) is 0 Å². The largest absolute Gasteiger partial charge is 0.446 e. The number of nitrogens with one attached hydrogen (secondary N) is 1. The molecule has 212 valence electrons. The number of rotatable bonds is 9. The van der Waals surface area contributed by atoms with Gasteiger partial charge in [-0.2, -0.15) is 0 Å². The summed E-state index contributed by atoms with van der Waals surface area (Å²) >= 11 is 0. The number of fused-ring (bicyclic) bond motifs is 5. The van der Waals surface area contributed by atoms with Gasteiger partial charge >= 0.3 is 6.09 Å². The summed E-state index contributed by atoms with van der Waals surface area (Å²) in [6.07, 6.45) is 16.6. The zero-order chi connectivity index (χ0) is 27.0. The van der Waals surface area contributed by atoms with Crippen LogP contribution in [0.5, 0.6) is 0 Å². The van der Waals surface area contributed by atoms with Crippen molar-refractivity contribution in [3.63, 3.8) is 0 Å². The van der Waals surface area contributed by atoms with E-state index in [9.17, 15) is 4.79 Å². The van der Waals surface area contributed by atoms with Gasteiger partial charge in [-0.1, -0.05) is 72.5 Å². The zero-order valence-corrected chi connectivity index (χ0v) is 25.5. The lowest BCUT2D eigenvalue weighted by atomic mass is 9.41. The number of nitrogens with zero attached hydrogens (tertiary/aromatic N) is 1. The first kappa shape index (κ1) is 29.0. The monoisotopic (exact) mass is 514 g/mol. The molecule has 0 aliphatic heterocycles. The van der Waals surface area contributed by atoms with Crippen LogP contribution in [-0.2, 0) is 4.74 Å². The molecule has 37 heavy (non-hydrogen) atoms. The molecule has 0 aromatic rings. The Labute approximate surface area is 228 Å². The lowest BCUT2D eigenvalue weighted by Crippen LogP contribution is -2.56. The summed E-state index contributed by atoms with van der Waals surface area (Å²) < 4.78 is 5.89. The van der Waals surface area contributed by atoms with Crippen molar-refractivity contribution in [2.24, 2.45) is 45.8 Å². The van der Waals surface area contributed by atoms with E-state index in [1.165, 1.54) is 51.4 Å². The highest BCUT2D eigenvalue weighted by molar-refractivity contribution is 5.67. The van der Waals surface area contributed by atoms with Gasteiger partial charge in [0.05, 0.1) is 0 Å². The van der Waals surface area contributed by atoms with E-state index in [1.54, 1.807) is 5.57 Å². The minimum atomic E-state index is -0.246. The maximum Gasteiger partial charge on any atom is 0.407 e. The Morgan fingerprint density at radius 1 is 1.03 bits per heavy atom. The van der Waals surface area contributed by atoms with Crippen LogP contribution < -0.4 is 5.32 Å². The van der Waals surface area contributed by atoms with E-state index in [0.29, 0.717) is 17.4 Å². The molecule has 4 aliphatic carbocycles. The summed E-state index contributed by atoms with van der Waals surface area (Å²) in [4.78, 5) is 14.5. The van der Waals surface area contributed by atoms with Gasteiger partial charge in [-0.25, -0.2) is 4.79 Å². The number of ether oxygens (including phenoxy) is 1. The second-order valence-corrected chi connectivity index (χ2v) is 15.0. The van der Waals surface area contributed by atoms with Crippen molar-refractivity contribution < 1.29 is 9.53 Å². The maximum atomic E-state index is 12.4. The summed E-state index contributed by atoms with van der Waals surface area (Å²) in [5.41, 5.74) is 2.79. The van der Waals surface area contributed by atoms with Crippen LogP contribution >= 0.6 is 0 Å². The number of carbonyl (C=O) groups excluding carboxylic acids is 1. The van der Waals surface area contributed by atoms with Crippen molar-refractivity contribution in [3.05, 3.63) is 11.6 Å². The third-order valence-electron chi connectivity index (χ3n) is 11.9. The van der Waals surface area contributed by atoms with E-state index in [1.807, 2.05) is 14.1 Å². The topological polar surface area (TPSA) is 41.6 Å². The van der Waals surface area contributed by atoms with Crippen molar-refractivity contribution in [2.75, 3.05) is 27.2 Å². The van der Waals surface area contributed by atoms with Gasteiger partial charge in [0.2, 0.25) is 0 Å². The van der Waals surface area contributed by atoms with Crippen LogP contribution in [0.2, 0.25) is 0 Å². The Bertz CT molecular complexity index is 836. The average molecular weight is 515 g/mol. The fourth-order valence-corrected chi connectivity index (χ4v) is 9.98. The molecule has 0 saturated heterocycles. The first-order valence-electron chi connectivity index (χ1n) is 15.7. The second kappa shape index (κ2) is 11.2. The highest BCUT2D eigenvalue weighted by Gasteiger charge is 2.64. The van der Waals surface area contributed by atoms with E-state index < -0.39 is 0 Å². The first-order valence-corrected chi connectivity index (χ1v) is 15.7. The molecule has 0 bridgehead atoms. The fraction of sp³-hybridized carbons (Fsp3) is 0.909. The molecule has 8 atom stereocenters. The number of likely N-dealkylation sites (N-methyl/N-ethyl adjacent to an activating group) is 1. The molecule has 3 fully saturated rings. The Kier molecular flexibility index (Phi) is 8.78. The summed E-state index contributed by atoms with van der Waals surface area (Å²) in [6, 6.07) is 0. The lowest BCUT2D eigenvalue weighted by Gasteiger charge is -2.63. The van der Waals surface area contributed by atoms with Crippen LogP contribution in [0.15, 0.2) is 11.6 Å². The summed E-state index contributed by atoms with van der Waals surface area (Å²) in [5, 5.41) is 2.93. The molecule has 4 nitrogen and oxygen atoms in total. The summed E-state index contributed by atoms with van der Waals surface area (Å²) in [5.74, 6) is 4.20. The van der Waals surface area contributed by atoms with Crippen LogP contribution in [-0.4, -0.2) is 44.3 Å². The standard InChI is InChI=1S/C33H58N2O2/c1-23(2)10-9-11-24(3)27-12-13-28-32(27,5)19-16-29-31(4)18-15-26(22-25(31)14-17-33(28,29)6)37-30(36)34-20-21-35(7)8/h14,23-24,26-29H,9-13,15-22H2,1-8H3,(H,34,36)/t24-,26+,27?,28?,29?,31+,32-,33+/m1/s1. The highest BCUT2D eigenvalue weighted by atomic mass is 16.6. The molecule has 4 rings (SSSR count). The molecule has 4 heteroatoms. The Balaban J connectivity index is 1.42. The van der Waals surface area contributed by atoms with E-state index in [4.69, 9.17) is 4.74 Å². The molecular weight excluding hydrogens is 456 g/mol. The van der Waals surface area contributed by atoms with Crippen molar-refractivity contribution >= 4 is 6.09 Å². The summed E-state index contributed by atoms with van der Waals surface area (Å²) in [6.45, 7) is 16.7. The molecule has 1 amide bonds. The molecule has 0 radical (unpaired) electrons. The van der Waals surface area contributed by atoms with E-state index in [-0.39, 0.29) is 17.6 Å². The van der Waals surface area contributed by atoms with E-state index in [0.717, 1.165) is 55.4 Å². The van der Waals surface area contributed by atoms with Gasteiger partial charge in [-0.3, -0.25) is 0 Å². The summed E-state index contributed by atoms with van der Waals surface area (Å²) in [7, 11) is 4.04. The minimum Gasteiger partial charge on any atom is -0.446 e. The molecule has 3 saturated carbocycles.